The van der Waals surface area contributed by atoms with Crippen LogP contribution >= 0.6 is 35.4 Å². The van der Waals surface area contributed by atoms with E-state index in [4.69, 9.17) is 28.9 Å². The van der Waals surface area contributed by atoms with Gasteiger partial charge in [-0.2, -0.15) is 0 Å². The maximum atomic E-state index is 11.7. The van der Waals surface area contributed by atoms with Gasteiger partial charge in [-0.25, -0.2) is 13.1 Å². The molecule has 0 aliphatic rings. The van der Waals surface area contributed by atoms with E-state index in [1.807, 2.05) is 0 Å². The van der Waals surface area contributed by atoms with Crippen LogP contribution in [0.1, 0.15) is 18.5 Å². The highest BCUT2D eigenvalue weighted by molar-refractivity contribution is 7.92. The average molecular weight is 327 g/mol. The first-order valence-electron chi connectivity index (χ1n) is 4.94. The topological polar surface area (TPSA) is 72.2 Å². The maximum absolute atomic E-state index is 11.7. The molecule has 1 aromatic carbocycles. The minimum Gasteiger partial charge on any atom is -0.392 e. The highest BCUT2D eigenvalue weighted by atomic mass is 35.5. The van der Waals surface area contributed by atoms with Crippen LogP contribution in [-0.2, 0) is 10.0 Å². The van der Waals surface area contributed by atoms with Crippen LogP contribution in [0.4, 0.5) is 0 Å². The third-order valence-corrected chi connectivity index (χ3v) is 4.41. The number of hydrogen-bond acceptors (Lipinski definition) is 3. The number of halogens is 2. The average Bonchev–Trinajstić information content (AvgIpc) is 2.13. The lowest BCUT2D eigenvalue weighted by Gasteiger charge is -2.15. The van der Waals surface area contributed by atoms with Gasteiger partial charge in [0.2, 0.25) is 10.0 Å². The number of hydrogen-bond donors (Lipinski definition) is 2. The van der Waals surface area contributed by atoms with Crippen molar-refractivity contribution >= 4 is 50.4 Å². The van der Waals surface area contributed by atoms with Gasteiger partial charge in [-0.05, 0) is 24.6 Å². The van der Waals surface area contributed by atoms with Gasteiger partial charge in [-0.1, -0.05) is 41.5 Å². The molecular formula is C10H12Cl2N2O2S2. The van der Waals surface area contributed by atoms with Crippen LogP contribution < -0.4 is 10.5 Å². The fourth-order valence-electron chi connectivity index (χ4n) is 1.41. The number of nitrogens with two attached hydrogens (primary N) is 1. The minimum atomic E-state index is -3.56. The summed E-state index contributed by atoms with van der Waals surface area (Å²) in [5, 5.41) is 0.884. The smallest absolute Gasteiger partial charge is 0.218 e. The highest BCUT2D eigenvalue weighted by Gasteiger charge is 2.18. The van der Waals surface area contributed by atoms with Crippen molar-refractivity contribution < 1.29 is 8.42 Å². The molecule has 0 bridgehead atoms. The van der Waals surface area contributed by atoms with Crippen LogP contribution in [0.5, 0.6) is 0 Å². The van der Waals surface area contributed by atoms with Gasteiger partial charge in [0.25, 0.3) is 0 Å². The summed E-state index contributed by atoms with van der Waals surface area (Å²) in [6.07, 6.45) is 0. The number of nitrogens with one attached hydrogen (secondary N) is 1. The van der Waals surface area contributed by atoms with Gasteiger partial charge in [0.05, 0.1) is 4.99 Å². The van der Waals surface area contributed by atoms with Crippen molar-refractivity contribution in [2.75, 3.05) is 5.75 Å². The summed E-state index contributed by atoms with van der Waals surface area (Å²) >= 11 is 16.3. The summed E-state index contributed by atoms with van der Waals surface area (Å²) in [5.74, 6) is -0.391. The summed E-state index contributed by atoms with van der Waals surface area (Å²) in [6.45, 7) is 1.67. The Balaban J connectivity index is 2.89. The molecule has 0 fully saturated rings. The van der Waals surface area contributed by atoms with Crippen molar-refractivity contribution in [2.24, 2.45) is 5.73 Å². The minimum absolute atomic E-state index is 0.0862. The van der Waals surface area contributed by atoms with E-state index < -0.39 is 21.8 Å². The molecule has 0 amide bonds. The van der Waals surface area contributed by atoms with Gasteiger partial charge >= 0.3 is 0 Å². The molecule has 0 spiro atoms. The van der Waals surface area contributed by atoms with Crippen molar-refractivity contribution in [1.82, 2.24) is 4.72 Å². The van der Waals surface area contributed by atoms with Crippen LogP contribution in [-0.4, -0.2) is 19.2 Å². The van der Waals surface area contributed by atoms with Gasteiger partial charge in [0, 0.05) is 16.1 Å². The molecule has 0 aromatic heterocycles. The van der Waals surface area contributed by atoms with Crippen molar-refractivity contribution in [3.8, 4) is 0 Å². The van der Waals surface area contributed by atoms with E-state index in [9.17, 15) is 8.42 Å². The fourth-order valence-corrected chi connectivity index (χ4v) is 3.58. The molecule has 0 aliphatic heterocycles. The summed E-state index contributed by atoms with van der Waals surface area (Å²) in [5.41, 5.74) is 5.84. The zero-order valence-corrected chi connectivity index (χ0v) is 12.6. The first-order valence-corrected chi connectivity index (χ1v) is 7.76. The molecule has 0 aliphatic carbocycles. The van der Waals surface area contributed by atoms with Crippen LogP contribution in [0.3, 0.4) is 0 Å². The molecule has 100 valence electrons. The molecule has 8 heteroatoms. The number of thiocarbonyl (C=S) groups is 1. The summed E-state index contributed by atoms with van der Waals surface area (Å²) in [4.78, 5) is -0.0862. The third kappa shape index (κ3) is 4.70. The Kier molecular flexibility index (Phi) is 5.36. The summed E-state index contributed by atoms with van der Waals surface area (Å²) in [7, 11) is -3.56. The Morgan fingerprint density at radius 3 is 2.61 bits per heavy atom. The monoisotopic (exact) mass is 326 g/mol. The second-order valence-corrected chi connectivity index (χ2v) is 6.85. The van der Waals surface area contributed by atoms with E-state index in [0.717, 1.165) is 0 Å². The Labute approximate surface area is 122 Å². The van der Waals surface area contributed by atoms with Gasteiger partial charge in [-0.3, -0.25) is 0 Å². The molecule has 1 aromatic rings. The Morgan fingerprint density at radius 1 is 1.50 bits per heavy atom. The van der Waals surface area contributed by atoms with E-state index >= 15 is 0 Å². The lowest BCUT2D eigenvalue weighted by Crippen LogP contribution is -2.34. The van der Waals surface area contributed by atoms with Gasteiger partial charge in [0.15, 0.2) is 0 Å². The van der Waals surface area contributed by atoms with Gasteiger partial charge < -0.3 is 5.73 Å². The Hall–Kier alpha value is -0.400. The largest absolute Gasteiger partial charge is 0.392 e. The highest BCUT2D eigenvalue weighted by Crippen LogP contribution is 2.26. The van der Waals surface area contributed by atoms with Crippen molar-refractivity contribution in [2.45, 2.75) is 13.0 Å². The lowest BCUT2D eigenvalue weighted by molar-refractivity contribution is 0.571. The Morgan fingerprint density at radius 2 is 2.11 bits per heavy atom. The van der Waals surface area contributed by atoms with Crippen molar-refractivity contribution in [3.63, 3.8) is 0 Å². The first kappa shape index (κ1) is 15.7. The molecular weight excluding hydrogens is 315 g/mol. The van der Waals surface area contributed by atoms with Crippen molar-refractivity contribution in [3.05, 3.63) is 33.8 Å². The second kappa shape index (κ2) is 6.16. The fraction of sp³-hybridized carbons (Fsp3) is 0.300. The molecule has 0 radical (unpaired) electrons. The Bertz CT molecular complexity index is 561. The molecule has 4 nitrogen and oxygen atoms in total. The zero-order chi connectivity index (χ0) is 13.9. The molecule has 0 saturated heterocycles. The van der Waals surface area contributed by atoms with E-state index in [-0.39, 0.29) is 4.99 Å². The van der Waals surface area contributed by atoms with Crippen LogP contribution in [0, 0.1) is 0 Å². The number of sulfonamides is 1. The SMILES string of the molecule is CC(NS(=O)(=O)CC(N)=S)c1ccc(Cl)cc1Cl. The quantitative estimate of drug-likeness (QED) is 0.814. The number of benzene rings is 1. The molecule has 1 unspecified atom stereocenters. The summed E-state index contributed by atoms with van der Waals surface area (Å²) < 4.78 is 25.8. The lowest BCUT2D eigenvalue weighted by atomic mass is 10.1. The molecule has 3 N–H and O–H groups in total. The molecule has 0 saturated carbocycles. The van der Waals surface area contributed by atoms with E-state index in [1.54, 1.807) is 25.1 Å². The van der Waals surface area contributed by atoms with Gasteiger partial charge in [0.1, 0.15) is 5.75 Å². The van der Waals surface area contributed by atoms with E-state index in [1.165, 1.54) is 0 Å². The maximum Gasteiger partial charge on any atom is 0.218 e. The summed E-state index contributed by atoms with van der Waals surface area (Å²) in [6, 6.07) is 4.37. The predicted octanol–water partition coefficient (Wildman–Crippen LogP) is 2.26. The first-order chi connectivity index (χ1) is 8.21. The van der Waals surface area contributed by atoms with Crippen molar-refractivity contribution in [1.29, 1.82) is 0 Å². The third-order valence-electron chi connectivity index (χ3n) is 2.12. The number of rotatable bonds is 5. The van der Waals surface area contributed by atoms with Crippen LogP contribution in [0.15, 0.2) is 18.2 Å². The zero-order valence-electron chi connectivity index (χ0n) is 9.48. The molecule has 1 atom stereocenters. The van der Waals surface area contributed by atoms with E-state index in [0.29, 0.717) is 15.6 Å². The van der Waals surface area contributed by atoms with Gasteiger partial charge in [-0.15, -0.1) is 0 Å². The van der Waals surface area contributed by atoms with Crippen LogP contribution in [0.2, 0.25) is 10.0 Å². The van der Waals surface area contributed by atoms with Crippen LogP contribution in [0.25, 0.3) is 0 Å². The van der Waals surface area contributed by atoms with E-state index in [2.05, 4.69) is 16.9 Å². The molecule has 18 heavy (non-hydrogen) atoms. The molecule has 0 heterocycles. The molecule has 1 rings (SSSR count). The normalized spacial score (nSPS) is 13.3. The second-order valence-electron chi connectivity index (χ2n) is 3.73. The predicted molar refractivity (Wildman–Crippen MR) is 78.6 cm³/mol. The standard InChI is InChI=1S/C10H12Cl2N2O2S2/c1-6(14-18(15,16)5-10(13)17)8-3-2-7(11)4-9(8)12/h2-4,6,14H,5H2,1H3,(H2,13,17).